The number of hydrogen-bond acceptors (Lipinski definition) is 9. The van der Waals surface area contributed by atoms with Crippen LogP contribution >= 0.6 is 0 Å². The number of amides is 1. The average molecular weight is 406 g/mol. The van der Waals surface area contributed by atoms with Gasteiger partial charge in [0.15, 0.2) is 0 Å². The number of carbonyl (C=O) groups excluding carboxylic acids is 3. The van der Waals surface area contributed by atoms with Crippen molar-refractivity contribution in [3.8, 4) is 5.88 Å². The third kappa shape index (κ3) is 4.66. The number of rotatable bonds is 7. The van der Waals surface area contributed by atoms with Gasteiger partial charge in [-0.1, -0.05) is 0 Å². The van der Waals surface area contributed by atoms with E-state index in [0.717, 1.165) is 10.9 Å². The molecule has 1 unspecified atom stereocenters. The van der Waals surface area contributed by atoms with Gasteiger partial charge in [-0.15, -0.1) is 5.10 Å². The molecule has 154 valence electrons. The molecule has 0 aliphatic rings. The molecule has 12 nitrogen and oxygen atoms in total. The number of esters is 2. The van der Waals surface area contributed by atoms with Gasteiger partial charge in [0.25, 0.3) is 0 Å². The lowest BCUT2D eigenvalue weighted by atomic mass is 10.1. The van der Waals surface area contributed by atoms with Crippen molar-refractivity contribution >= 4 is 29.2 Å². The number of nitro groups is 1. The van der Waals surface area contributed by atoms with Crippen LogP contribution in [0.15, 0.2) is 24.4 Å². The smallest absolute Gasteiger partial charge is 0.350 e. The second kappa shape index (κ2) is 8.82. The number of anilines is 1. The maximum absolute atomic E-state index is 12.6. The summed E-state index contributed by atoms with van der Waals surface area (Å²) in [7, 11) is 3.56. The van der Waals surface area contributed by atoms with Crippen LogP contribution in [0.25, 0.3) is 0 Å². The highest BCUT2D eigenvalue weighted by Gasteiger charge is 2.25. The molecule has 0 fully saturated rings. The second-order valence-corrected chi connectivity index (χ2v) is 5.71. The number of nitrogens with one attached hydrogen (secondary N) is 1. The molecule has 2 rings (SSSR count). The van der Waals surface area contributed by atoms with Crippen LogP contribution in [0.3, 0.4) is 0 Å². The van der Waals surface area contributed by atoms with Crippen molar-refractivity contribution in [3.63, 3.8) is 0 Å². The van der Waals surface area contributed by atoms with Crippen LogP contribution in [0, 0.1) is 10.1 Å². The fourth-order valence-corrected chi connectivity index (χ4v) is 2.37. The van der Waals surface area contributed by atoms with E-state index >= 15 is 0 Å². The van der Waals surface area contributed by atoms with Gasteiger partial charge < -0.3 is 19.5 Å². The highest BCUT2D eigenvalue weighted by atomic mass is 16.6. The Bertz CT molecular complexity index is 934. The summed E-state index contributed by atoms with van der Waals surface area (Å²) < 4.78 is 15.2. The topological polar surface area (TPSA) is 152 Å². The summed E-state index contributed by atoms with van der Waals surface area (Å²) in [5, 5.41) is 17.4. The summed E-state index contributed by atoms with van der Waals surface area (Å²) in [5.41, 5.74) is -0.226. The number of methoxy groups -OCH3 is 3. The molecule has 1 amide bonds. The first-order chi connectivity index (χ1) is 13.7. The van der Waals surface area contributed by atoms with Crippen molar-refractivity contribution in [1.82, 2.24) is 9.78 Å². The van der Waals surface area contributed by atoms with Gasteiger partial charge in [0, 0.05) is 5.69 Å². The molecule has 0 spiro atoms. The monoisotopic (exact) mass is 406 g/mol. The fourth-order valence-electron chi connectivity index (χ4n) is 2.37. The van der Waals surface area contributed by atoms with Crippen molar-refractivity contribution in [2.75, 3.05) is 26.6 Å². The van der Waals surface area contributed by atoms with E-state index in [2.05, 4.69) is 19.9 Å². The third-order valence-corrected chi connectivity index (χ3v) is 3.89. The molecule has 0 saturated carbocycles. The van der Waals surface area contributed by atoms with E-state index in [4.69, 9.17) is 4.74 Å². The lowest BCUT2D eigenvalue weighted by molar-refractivity contribution is -0.385. The van der Waals surface area contributed by atoms with Crippen LogP contribution < -0.4 is 10.1 Å². The molecule has 1 aromatic heterocycles. The minimum atomic E-state index is -0.971. The Kier molecular flexibility index (Phi) is 6.49. The molecule has 12 heteroatoms. The van der Waals surface area contributed by atoms with Crippen molar-refractivity contribution in [3.05, 3.63) is 45.6 Å². The first-order valence-electron chi connectivity index (χ1n) is 8.12. The molecule has 1 atom stereocenters. The van der Waals surface area contributed by atoms with E-state index in [0.29, 0.717) is 0 Å². The van der Waals surface area contributed by atoms with Gasteiger partial charge in [-0.05, 0) is 25.1 Å². The molecule has 29 heavy (non-hydrogen) atoms. The lowest BCUT2D eigenvalue weighted by Gasteiger charge is -2.14. The van der Waals surface area contributed by atoms with E-state index in [1.807, 2.05) is 0 Å². The minimum absolute atomic E-state index is 0.0229. The van der Waals surface area contributed by atoms with Gasteiger partial charge in [-0.2, -0.15) is 0 Å². The zero-order valence-electron chi connectivity index (χ0n) is 16.0. The Morgan fingerprint density at radius 2 is 1.66 bits per heavy atom. The van der Waals surface area contributed by atoms with Gasteiger partial charge >= 0.3 is 23.5 Å². The number of carbonyl (C=O) groups is 3. The zero-order valence-corrected chi connectivity index (χ0v) is 16.0. The van der Waals surface area contributed by atoms with Crippen LogP contribution in [0.2, 0.25) is 0 Å². The van der Waals surface area contributed by atoms with Crippen LogP contribution in [-0.2, 0) is 14.3 Å². The Morgan fingerprint density at radius 3 is 2.07 bits per heavy atom. The standard InChI is InChI=1S/C17H18N4O8/c1-9(20-8-13(21(25)26)15(19-20)27-2)14(22)18-12-6-10(16(23)28-3)5-11(7-12)17(24)29-4/h5-9H,1-4H3,(H,18,22). The molecule has 0 saturated heterocycles. The molecule has 0 aliphatic carbocycles. The van der Waals surface area contributed by atoms with Crippen molar-refractivity contribution < 1.29 is 33.5 Å². The first-order valence-corrected chi connectivity index (χ1v) is 8.12. The second-order valence-electron chi connectivity index (χ2n) is 5.71. The predicted molar refractivity (Wildman–Crippen MR) is 97.9 cm³/mol. The molecule has 0 bridgehead atoms. The maximum atomic E-state index is 12.6. The van der Waals surface area contributed by atoms with Gasteiger partial charge in [0.1, 0.15) is 12.2 Å². The van der Waals surface area contributed by atoms with E-state index in [-0.39, 0.29) is 22.7 Å². The molecule has 0 aliphatic heterocycles. The van der Waals surface area contributed by atoms with E-state index in [1.54, 1.807) is 0 Å². The average Bonchev–Trinajstić information content (AvgIpc) is 3.16. The molecule has 2 aromatic rings. The largest absolute Gasteiger partial charge is 0.475 e. The summed E-state index contributed by atoms with van der Waals surface area (Å²) in [6.45, 7) is 1.46. The van der Waals surface area contributed by atoms with Crippen LogP contribution in [0.1, 0.15) is 33.7 Å². The van der Waals surface area contributed by atoms with E-state index < -0.39 is 34.5 Å². The van der Waals surface area contributed by atoms with Gasteiger partial charge in [-0.25, -0.2) is 14.3 Å². The summed E-state index contributed by atoms with van der Waals surface area (Å²) in [5.74, 6) is -2.28. The molecule has 1 aromatic carbocycles. The van der Waals surface area contributed by atoms with Crippen molar-refractivity contribution in [1.29, 1.82) is 0 Å². The summed E-state index contributed by atoms with van der Waals surface area (Å²) in [6, 6.07) is 2.92. The number of nitrogens with zero attached hydrogens (tertiary/aromatic N) is 3. The van der Waals surface area contributed by atoms with Crippen LogP contribution in [0.5, 0.6) is 5.88 Å². The van der Waals surface area contributed by atoms with Crippen LogP contribution in [0.4, 0.5) is 11.4 Å². The molecular weight excluding hydrogens is 388 g/mol. The Labute approximate surface area is 164 Å². The van der Waals surface area contributed by atoms with Gasteiger partial charge in [0.05, 0.1) is 37.4 Å². The van der Waals surface area contributed by atoms with Gasteiger partial charge in [0.2, 0.25) is 5.91 Å². The SMILES string of the molecule is COC(=O)c1cc(NC(=O)C(C)n2cc([N+](=O)[O-])c(OC)n2)cc(C(=O)OC)c1. The zero-order chi connectivity index (χ0) is 21.7. The number of ether oxygens (including phenoxy) is 3. The first kappa shape index (κ1) is 21.3. The number of hydrogen-bond donors (Lipinski definition) is 1. The normalized spacial score (nSPS) is 11.3. The van der Waals surface area contributed by atoms with E-state index in [1.165, 1.54) is 46.5 Å². The summed E-state index contributed by atoms with van der Waals surface area (Å²) >= 11 is 0. The number of aromatic nitrogens is 2. The Morgan fingerprint density at radius 1 is 1.10 bits per heavy atom. The molecular formula is C17H18N4O8. The quantitative estimate of drug-likeness (QED) is 0.410. The third-order valence-electron chi connectivity index (χ3n) is 3.89. The lowest BCUT2D eigenvalue weighted by Crippen LogP contribution is -2.24. The Hall–Kier alpha value is -3.96. The van der Waals surface area contributed by atoms with Crippen LogP contribution in [-0.4, -0.2) is 53.9 Å². The van der Waals surface area contributed by atoms with Crippen molar-refractivity contribution in [2.45, 2.75) is 13.0 Å². The summed E-state index contributed by atoms with van der Waals surface area (Å²) in [6.07, 6.45) is 1.06. The highest BCUT2D eigenvalue weighted by Crippen LogP contribution is 2.26. The number of benzene rings is 1. The molecule has 1 N–H and O–H groups in total. The Balaban J connectivity index is 2.32. The fraction of sp³-hybridized carbons (Fsp3) is 0.294. The molecule has 0 radical (unpaired) electrons. The predicted octanol–water partition coefficient (Wildman–Crippen LogP) is 1.57. The maximum Gasteiger partial charge on any atom is 0.350 e. The summed E-state index contributed by atoms with van der Waals surface area (Å²) in [4.78, 5) is 46.6. The highest BCUT2D eigenvalue weighted by molar-refractivity contribution is 6.00. The van der Waals surface area contributed by atoms with E-state index in [9.17, 15) is 24.5 Å². The van der Waals surface area contributed by atoms with Crippen molar-refractivity contribution in [2.24, 2.45) is 0 Å². The minimum Gasteiger partial charge on any atom is -0.475 e. The molecule has 1 heterocycles. The van der Waals surface area contributed by atoms with Gasteiger partial charge in [-0.3, -0.25) is 14.9 Å².